The lowest BCUT2D eigenvalue weighted by molar-refractivity contribution is -0.121. The van der Waals surface area contributed by atoms with Gasteiger partial charge in [-0.15, -0.1) is 12.4 Å². The predicted octanol–water partition coefficient (Wildman–Crippen LogP) is 2.17. The second-order valence-electron chi connectivity index (χ2n) is 4.91. The van der Waals surface area contributed by atoms with Gasteiger partial charge in [-0.25, -0.2) is 0 Å². The Morgan fingerprint density at radius 3 is 2.62 bits per heavy atom. The quantitative estimate of drug-likeness (QED) is 0.651. The molecule has 0 aliphatic heterocycles. The first-order chi connectivity index (χ1) is 9.76. The number of nitrogens with one attached hydrogen (secondary N) is 2. The van der Waals surface area contributed by atoms with Crippen LogP contribution >= 0.6 is 12.4 Å². The monoisotopic (exact) mass is 314 g/mol. The summed E-state index contributed by atoms with van der Waals surface area (Å²) in [6, 6.07) is 10.5. The van der Waals surface area contributed by atoms with Gasteiger partial charge in [0.05, 0.1) is 13.2 Å². The van der Waals surface area contributed by atoms with Crippen molar-refractivity contribution < 1.29 is 9.53 Å². The Morgan fingerprint density at radius 1 is 1.29 bits per heavy atom. The van der Waals surface area contributed by atoms with E-state index in [2.05, 4.69) is 29.7 Å². The summed E-state index contributed by atoms with van der Waals surface area (Å²) in [6.07, 6.45) is 2.95. The molecule has 0 aromatic heterocycles. The first-order valence-electron chi connectivity index (χ1n) is 7.29. The third kappa shape index (κ3) is 9.45. The van der Waals surface area contributed by atoms with Gasteiger partial charge < -0.3 is 15.4 Å². The van der Waals surface area contributed by atoms with Crippen LogP contribution in [-0.4, -0.2) is 38.8 Å². The number of rotatable bonds is 10. The molecule has 1 unspecified atom stereocenters. The van der Waals surface area contributed by atoms with Crippen LogP contribution in [0.4, 0.5) is 0 Å². The number of carbonyl (C=O) groups excluding carboxylic acids is 1. The molecule has 0 radical (unpaired) electrons. The first-order valence-corrected chi connectivity index (χ1v) is 7.29. The Kier molecular flexibility index (Phi) is 12.0. The number of methoxy groups -OCH3 is 1. The van der Waals surface area contributed by atoms with E-state index in [1.54, 1.807) is 7.11 Å². The number of hydrogen-bond acceptors (Lipinski definition) is 3. The highest BCUT2D eigenvalue weighted by Gasteiger charge is 2.11. The van der Waals surface area contributed by atoms with E-state index in [9.17, 15) is 4.79 Å². The van der Waals surface area contributed by atoms with Crippen molar-refractivity contribution in [2.75, 3.05) is 26.8 Å². The number of ether oxygens (including phenoxy) is 1. The Labute approximate surface area is 134 Å². The Balaban J connectivity index is 0.00000400. The molecule has 4 nitrogen and oxygen atoms in total. The van der Waals surface area contributed by atoms with E-state index in [0.717, 1.165) is 19.3 Å². The summed E-state index contributed by atoms with van der Waals surface area (Å²) >= 11 is 0. The zero-order chi connectivity index (χ0) is 14.6. The van der Waals surface area contributed by atoms with Gasteiger partial charge >= 0.3 is 0 Å². The Bertz CT molecular complexity index is 374. The fourth-order valence-electron chi connectivity index (χ4n) is 2.13. The molecule has 0 saturated heterocycles. The average molecular weight is 315 g/mol. The van der Waals surface area contributed by atoms with Gasteiger partial charge in [0, 0.05) is 19.7 Å². The van der Waals surface area contributed by atoms with Crippen molar-refractivity contribution in [1.29, 1.82) is 0 Å². The summed E-state index contributed by atoms with van der Waals surface area (Å²) in [5.41, 5.74) is 1.26. The van der Waals surface area contributed by atoms with E-state index in [1.165, 1.54) is 5.56 Å². The van der Waals surface area contributed by atoms with Gasteiger partial charge in [0.25, 0.3) is 0 Å². The van der Waals surface area contributed by atoms with Gasteiger partial charge in [-0.2, -0.15) is 0 Å². The molecule has 1 aromatic carbocycles. The number of halogens is 1. The SMILES string of the molecule is CCCC(Cc1ccccc1)NC(=O)CNCCOC.Cl. The zero-order valence-electron chi connectivity index (χ0n) is 12.9. The van der Waals surface area contributed by atoms with Crippen LogP contribution in [0.3, 0.4) is 0 Å². The minimum atomic E-state index is 0. The molecular formula is C16H27ClN2O2. The van der Waals surface area contributed by atoms with Crippen molar-refractivity contribution in [2.45, 2.75) is 32.2 Å². The maximum atomic E-state index is 11.9. The van der Waals surface area contributed by atoms with E-state index in [-0.39, 0.29) is 24.4 Å². The zero-order valence-corrected chi connectivity index (χ0v) is 13.7. The third-order valence-electron chi connectivity index (χ3n) is 3.10. The molecule has 0 saturated carbocycles. The fraction of sp³-hybridized carbons (Fsp3) is 0.562. The molecule has 0 spiro atoms. The molecule has 0 fully saturated rings. The van der Waals surface area contributed by atoms with Gasteiger partial charge in [-0.1, -0.05) is 43.7 Å². The molecule has 0 aliphatic rings. The third-order valence-corrected chi connectivity index (χ3v) is 3.10. The normalized spacial score (nSPS) is 11.5. The number of hydrogen-bond donors (Lipinski definition) is 2. The highest BCUT2D eigenvalue weighted by Crippen LogP contribution is 2.07. The summed E-state index contributed by atoms with van der Waals surface area (Å²) in [5.74, 6) is 0.0514. The molecule has 5 heteroatoms. The highest BCUT2D eigenvalue weighted by molar-refractivity contribution is 5.85. The van der Waals surface area contributed by atoms with Crippen LogP contribution in [0, 0.1) is 0 Å². The molecule has 2 N–H and O–H groups in total. The van der Waals surface area contributed by atoms with E-state index in [0.29, 0.717) is 19.7 Å². The highest BCUT2D eigenvalue weighted by atomic mass is 35.5. The van der Waals surface area contributed by atoms with Crippen LogP contribution in [0.25, 0.3) is 0 Å². The van der Waals surface area contributed by atoms with Crippen molar-refractivity contribution in [3.63, 3.8) is 0 Å². The average Bonchev–Trinajstić information content (AvgIpc) is 2.45. The molecule has 21 heavy (non-hydrogen) atoms. The van der Waals surface area contributed by atoms with Gasteiger partial charge in [0.2, 0.25) is 5.91 Å². The Morgan fingerprint density at radius 2 is 2.00 bits per heavy atom. The van der Waals surface area contributed by atoms with Crippen molar-refractivity contribution in [3.8, 4) is 0 Å². The summed E-state index contributed by atoms with van der Waals surface area (Å²) < 4.78 is 4.93. The van der Waals surface area contributed by atoms with Crippen molar-refractivity contribution in [2.24, 2.45) is 0 Å². The largest absolute Gasteiger partial charge is 0.383 e. The molecule has 1 amide bonds. The minimum Gasteiger partial charge on any atom is -0.383 e. The van der Waals surface area contributed by atoms with Gasteiger partial charge in [-0.3, -0.25) is 4.79 Å². The molecule has 0 bridgehead atoms. The van der Waals surface area contributed by atoms with Crippen LogP contribution in [0.1, 0.15) is 25.3 Å². The van der Waals surface area contributed by atoms with E-state index in [1.807, 2.05) is 18.2 Å². The van der Waals surface area contributed by atoms with Crippen LogP contribution in [0.15, 0.2) is 30.3 Å². The predicted molar refractivity (Wildman–Crippen MR) is 89.0 cm³/mol. The topological polar surface area (TPSA) is 50.4 Å². The van der Waals surface area contributed by atoms with Gasteiger partial charge in [0.15, 0.2) is 0 Å². The second-order valence-corrected chi connectivity index (χ2v) is 4.91. The Hall–Kier alpha value is -1.10. The van der Waals surface area contributed by atoms with Crippen molar-refractivity contribution >= 4 is 18.3 Å². The maximum absolute atomic E-state index is 11.9. The van der Waals surface area contributed by atoms with E-state index in [4.69, 9.17) is 4.74 Å². The van der Waals surface area contributed by atoms with Gasteiger partial charge in [0.1, 0.15) is 0 Å². The molecule has 120 valence electrons. The summed E-state index contributed by atoms with van der Waals surface area (Å²) in [7, 11) is 1.65. The number of benzene rings is 1. The lowest BCUT2D eigenvalue weighted by Gasteiger charge is -2.18. The van der Waals surface area contributed by atoms with Crippen LogP contribution < -0.4 is 10.6 Å². The molecule has 1 atom stereocenters. The standard InChI is InChI=1S/C16H26N2O2.ClH/c1-3-7-15(12-14-8-5-4-6-9-14)18-16(19)13-17-10-11-20-2;/h4-6,8-9,15,17H,3,7,10-13H2,1-2H3,(H,18,19);1H. The van der Waals surface area contributed by atoms with Crippen molar-refractivity contribution in [3.05, 3.63) is 35.9 Å². The molecular weight excluding hydrogens is 288 g/mol. The molecule has 0 aliphatic carbocycles. The molecule has 1 rings (SSSR count). The van der Waals surface area contributed by atoms with Crippen molar-refractivity contribution in [1.82, 2.24) is 10.6 Å². The van der Waals surface area contributed by atoms with Gasteiger partial charge in [-0.05, 0) is 18.4 Å². The second kappa shape index (κ2) is 12.6. The number of carbonyl (C=O) groups is 1. The lowest BCUT2D eigenvalue weighted by Crippen LogP contribution is -2.42. The smallest absolute Gasteiger partial charge is 0.234 e. The summed E-state index contributed by atoms with van der Waals surface area (Å²) in [4.78, 5) is 11.9. The summed E-state index contributed by atoms with van der Waals surface area (Å²) in [6.45, 7) is 3.80. The maximum Gasteiger partial charge on any atom is 0.234 e. The van der Waals surface area contributed by atoms with Crippen LogP contribution in [-0.2, 0) is 16.0 Å². The minimum absolute atomic E-state index is 0. The van der Waals surface area contributed by atoms with E-state index >= 15 is 0 Å². The first kappa shape index (κ1) is 19.9. The lowest BCUT2D eigenvalue weighted by atomic mass is 10.0. The molecule has 0 heterocycles. The number of amides is 1. The van der Waals surface area contributed by atoms with E-state index < -0.39 is 0 Å². The van der Waals surface area contributed by atoms with Crippen LogP contribution in [0.5, 0.6) is 0 Å². The fourth-order valence-corrected chi connectivity index (χ4v) is 2.13. The molecule has 1 aromatic rings. The summed E-state index contributed by atoms with van der Waals surface area (Å²) in [5, 5.41) is 6.16. The van der Waals surface area contributed by atoms with Crippen LogP contribution in [0.2, 0.25) is 0 Å².